The number of hydrogen-bond acceptors (Lipinski definition) is 4. The number of guanidine groups is 1. The molecule has 1 saturated heterocycles. The molecule has 2 amide bonds. The van der Waals surface area contributed by atoms with Crippen LogP contribution in [0.4, 0.5) is 4.79 Å². The topological polar surface area (TPSA) is 95.1 Å². The van der Waals surface area contributed by atoms with Crippen molar-refractivity contribution in [3.63, 3.8) is 0 Å². The second kappa shape index (κ2) is 10.9. The Hall–Kier alpha value is -1.99. The first kappa shape index (κ1) is 22.1. The third-order valence-electron chi connectivity index (χ3n) is 4.18. The number of aliphatic imine (C=N–C) groups is 1. The van der Waals surface area contributed by atoms with Crippen LogP contribution in [0, 0.1) is 5.92 Å². The van der Waals surface area contributed by atoms with Gasteiger partial charge in [0.1, 0.15) is 5.60 Å². The van der Waals surface area contributed by atoms with E-state index in [2.05, 4.69) is 25.8 Å². The summed E-state index contributed by atoms with van der Waals surface area (Å²) in [7, 11) is 3.46. The van der Waals surface area contributed by atoms with E-state index < -0.39 is 5.60 Å². The van der Waals surface area contributed by atoms with Gasteiger partial charge in [0, 0.05) is 46.7 Å². The van der Waals surface area contributed by atoms with Crippen LogP contribution >= 0.6 is 0 Å². The Balaban J connectivity index is 2.22. The number of carbonyl (C=O) groups excluding carboxylic acids is 2. The van der Waals surface area contributed by atoms with Gasteiger partial charge in [-0.05, 0) is 46.0 Å². The second-order valence-electron chi connectivity index (χ2n) is 7.56. The van der Waals surface area contributed by atoms with E-state index in [1.165, 1.54) is 0 Å². The van der Waals surface area contributed by atoms with Gasteiger partial charge >= 0.3 is 6.09 Å². The summed E-state index contributed by atoms with van der Waals surface area (Å²) in [5.74, 6) is 1.44. The van der Waals surface area contributed by atoms with Crippen molar-refractivity contribution in [2.24, 2.45) is 10.9 Å². The van der Waals surface area contributed by atoms with Crippen molar-refractivity contribution in [3.8, 4) is 0 Å². The zero-order valence-electron chi connectivity index (χ0n) is 16.9. The fraction of sp³-hybridized carbons (Fsp3) is 0.833. The van der Waals surface area contributed by atoms with Gasteiger partial charge in [0.2, 0.25) is 5.91 Å². The van der Waals surface area contributed by atoms with Gasteiger partial charge in [-0.1, -0.05) is 0 Å². The number of nitrogens with one attached hydrogen (secondary N) is 3. The minimum Gasteiger partial charge on any atom is -0.444 e. The molecule has 0 saturated carbocycles. The number of piperidine rings is 1. The van der Waals surface area contributed by atoms with Crippen LogP contribution in [0.5, 0.6) is 0 Å². The molecule has 0 aromatic heterocycles. The predicted molar refractivity (Wildman–Crippen MR) is 103 cm³/mol. The van der Waals surface area contributed by atoms with E-state index in [9.17, 15) is 9.59 Å². The fourth-order valence-electron chi connectivity index (χ4n) is 2.84. The average molecular weight is 370 g/mol. The van der Waals surface area contributed by atoms with Gasteiger partial charge in [0.05, 0.1) is 0 Å². The lowest BCUT2D eigenvalue weighted by atomic mass is 9.93. The van der Waals surface area contributed by atoms with Crippen LogP contribution < -0.4 is 16.0 Å². The molecule has 3 N–H and O–H groups in total. The van der Waals surface area contributed by atoms with Crippen molar-refractivity contribution in [2.75, 3.05) is 40.3 Å². The summed E-state index contributed by atoms with van der Waals surface area (Å²) in [6, 6.07) is 0. The van der Waals surface area contributed by atoms with Crippen LogP contribution in [-0.4, -0.2) is 68.7 Å². The first-order chi connectivity index (χ1) is 12.2. The molecule has 0 bridgehead atoms. The number of ether oxygens (including phenoxy) is 1. The molecule has 8 heteroatoms. The van der Waals surface area contributed by atoms with Crippen molar-refractivity contribution in [1.29, 1.82) is 0 Å². The highest BCUT2D eigenvalue weighted by Crippen LogP contribution is 2.20. The lowest BCUT2D eigenvalue weighted by Crippen LogP contribution is -2.46. The average Bonchev–Trinajstić information content (AvgIpc) is 2.57. The third kappa shape index (κ3) is 8.92. The summed E-state index contributed by atoms with van der Waals surface area (Å²) in [6.07, 6.45) is 2.99. The van der Waals surface area contributed by atoms with Gasteiger partial charge in [0.15, 0.2) is 5.96 Å². The number of rotatable bonds is 6. The Morgan fingerprint density at radius 2 is 1.77 bits per heavy atom. The van der Waals surface area contributed by atoms with E-state index in [1.54, 1.807) is 14.1 Å². The summed E-state index contributed by atoms with van der Waals surface area (Å²) in [6.45, 7) is 8.60. The van der Waals surface area contributed by atoms with Crippen molar-refractivity contribution >= 4 is 18.0 Å². The van der Waals surface area contributed by atoms with Gasteiger partial charge in [-0.2, -0.15) is 0 Å². The molecular weight excluding hydrogens is 334 g/mol. The number of hydrogen-bond donors (Lipinski definition) is 3. The Morgan fingerprint density at radius 1 is 1.15 bits per heavy atom. The quantitative estimate of drug-likeness (QED) is 0.373. The van der Waals surface area contributed by atoms with E-state index in [-0.39, 0.29) is 12.0 Å². The van der Waals surface area contributed by atoms with Gasteiger partial charge in [-0.25, -0.2) is 4.79 Å². The van der Waals surface area contributed by atoms with E-state index in [0.29, 0.717) is 18.9 Å². The van der Waals surface area contributed by atoms with Crippen LogP contribution in [0.1, 0.15) is 46.5 Å². The van der Waals surface area contributed by atoms with E-state index >= 15 is 0 Å². The maximum absolute atomic E-state index is 11.6. The molecule has 26 heavy (non-hydrogen) atoms. The van der Waals surface area contributed by atoms with Crippen molar-refractivity contribution < 1.29 is 14.3 Å². The largest absolute Gasteiger partial charge is 0.444 e. The number of carbonyl (C=O) groups is 2. The highest BCUT2D eigenvalue weighted by molar-refractivity contribution is 5.80. The maximum Gasteiger partial charge on any atom is 0.407 e. The van der Waals surface area contributed by atoms with E-state index in [0.717, 1.165) is 44.9 Å². The highest BCUT2D eigenvalue weighted by Gasteiger charge is 2.23. The molecule has 1 rings (SSSR count). The van der Waals surface area contributed by atoms with Crippen LogP contribution in [0.3, 0.4) is 0 Å². The minimum atomic E-state index is -0.478. The number of nitrogens with zero attached hydrogens (tertiary/aromatic N) is 2. The number of amides is 2. The summed E-state index contributed by atoms with van der Waals surface area (Å²) in [5, 5.41) is 8.77. The monoisotopic (exact) mass is 369 g/mol. The Morgan fingerprint density at radius 3 is 2.31 bits per heavy atom. The maximum atomic E-state index is 11.6. The third-order valence-corrected chi connectivity index (χ3v) is 4.18. The zero-order chi connectivity index (χ0) is 19.6. The molecule has 1 aliphatic heterocycles. The summed E-state index contributed by atoms with van der Waals surface area (Å²) in [5.41, 5.74) is -0.478. The van der Waals surface area contributed by atoms with E-state index in [1.807, 2.05) is 20.8 Å². The molecule has 0 spiro atoms. The van der Waals surface area contributed by atoms with E-state index in [4.69, 9.17) is 4.74 Å². The van der Waals surface area contributed by atoms with Crippen LogP contribution in [0.25, 0.3) is 0 Å². The summed E-state index contributed by atoms with van der Waals surface area (Å²) < 4.78 is 5.20. The molecule has 0 aliphatic carbocycles. The zero-order valence-corrected chi connectivity index (χ0v) is 16.9. The van der Waals surface area contributed by atoms with Gasteiger partial charge in [-0.3, -0.25) is 9.79 Å². The Kier molecular flexibility index (Phi) is 9.23. The Bertz CT molecular complexity index is 480. The van der Waals surface area contributed by atoms with Crippen molar-refractivity contribution in [1.82, 2.24) is 20.9 Å². The molecule has 0 aromatic rings. The predicted octanol–water partition coefficient (Wildman–Crippen LogP) is 1.32. The van der Waals surface area contributed by atoms with Gasteiger partial charge in [0.25, 0.3) is 0 Å². The molecule has 0 unspecified atom stereocenters. The normalized spacial score (nSPS) is 16.2. The SMILES string of the molecule is CN=C(NCCCNC(=O)OC(C)(C)C)N1CCC(CC(=O)NC)CC1. The molecule has 0 atom stereocenters. The first-order valence-corrected chi connectivity index (χ1v) is 9.38. The Labute approximate surface area is 157 Å². The van der Waals surface area contributed by atoms with Gasteiger partial charge < -0.3 is 25.6 Å². The van der Waals surface area contributed by atoms with Crippen LogP contribution in [0.2, 0.25) is 0 Å². The summed E-state index contributed by atoms with van der Waals surface area (Å²) >= 11 is 0. The number of likely N-dealkylation sites (tertiary alicyclic amines) is 1. The highest BCUT2D eigenvalue weighted by atomic mass is 16.6. The van der Waals surface area contributed by atoms with Crippen LogP contribution in [-0.2, 0) is 9.53 Å². The molecule has 1 fully saturated rings. The standard InChI is InChI=1S/C18H35N5O3/c1-18(2,3)26-17(25)22-10-6-9-21-16(20-5)23-11-7-14(8-12-23)13-15(24)19-4/h14H,6-13H2,1-5H3,(H,19,24)(H,20,21)(H,22,25). The molecule has 8 nitrogen and oxygen atoms in total. The van der Waals surface area contributed by atoms with Crippen molar-refractivity contribution in [3.05, 3.63) is 0 Å². The summed E-state index contributed by atoms with van der Waals surface area (Å²) in [4.78, 5) is 29.6. The van der Waals surface area contributed by atoms with Crippen molar-refractivity contribution in [2.45, 2.75) is 52.1 Å². The van der Waals surface area contributed by atoms with Gasteiger partial charge in [-0.15, -0.1) is 0 Å². The lowest BCUT2D eigenvalue weighted by Gasteiger charge is -2.34. The second-order valence-corrected chi connectivity index (χ2v) is 7.56. The van der Waals surface area contributed by atoms with Crippen LogP contribution in [0.15, 0.2) is 4.99 Å². The molecular formula is C18H35N5O3. The smallest absolute Gasteiger partial charge is 0.407 e. The minimum absolute atomic E-state index is 0.114. The molecule has 1 heterocycles. The molecule has 1 aliphatic rings. The number of alkyl carbamates (subject to hydrolysis) is 1. The molecule has 0 radical (unpaired) electrons. The molecule has 150 valence electrons. The fourth-order valence-corrected chi connectivity index (χ4v) is 2.84. The first-order valence-electron chi connectivity index (χ1n) is 9.38. The molecule has 0 aromatic carbocycles. The lowest BCUT2D eigenvalue weighted by molar-refractivity contribution is -0.121.